The topological polar surface area (TPSA) is 24.9 Å². The van der Waals surface area contributed by atoms with Crippen LogP contribution >= 0.6 is 15.9 Å². The normalized spacial score (nSPS) is 41.1. The van der Waals surface area contributed by atoms with Gasteiger partial charge >= 0.3 is 0 Å². The summed E-state index contributed by atoms with van der Waals surface area (Å²) in [6.45, 7) is 0. The van der Waals surface area contributed by atoms with E-state index in [1.165, 1.54) is 38.5 Å². The van der Waals surface area contributed by atoms with Crippen LogP contribution in [0.4, 0.5) is 5.82 Å². The fraction of sp³-hybridized carbons (Fsp3) is 0.667. The van der Waals surface area contributed by atoms with Crippen LogP contribution in [0.15, 0.2) is 22.8 Å². The molecule has 1 aromatic heterocycles. The second kappa shape index (κ2) is 3.96. The standard InChI is InChI=1S/C15H19BrN2/c16-13-1-2-14(17-9-13)18-15-6-10-3-11(7-15)5-12(4-10)8-15/h1-2,9-12H,3-8H2,(H,17,18). The molecule has 0 aromatic carbocycles. The number of aromatic nitrogens is 1. The summed E-state index contributed by atoms with van der Waals surface area (Å²) in [5.74, 6) is 4.01. The third-order valence-corrected chi connectivity index (χ3v) is 5.63. The monoisotopic (exact) mass is 306 g/mol. The highest BCUT2D eigenvalue weighted by molar-refractivity contribution is 9.10. The van der Waals surface area contributed by atoms with Crippen molar-refractivity contribution >= 4 is 21.7 Å². The minimum atomic E-state index is 0.371. The highest BCUT2D eigenvalue weighted by Crippen LogP contribution is 2.56. The lowest BCUT2D eigenvalue weighted by Crippen LogP contribution is -2.54. The molecule has 1 N–H and O–H groups in total. The Balaban J connectivity index is 1.58. The van der Waals surface area contributed by atoms with E-state index in [1.807, 2.05) is 6.20 Å². The van der Waals surface area contributed by atoms with Gasteiger partial charge in [-0.15, -0.1) is 0 Å². The molecule has 4 bridgehead atoms. The number of rotatable bonds is 2. The average Bonchev–Trinajstić information content (AvgIpc) is 2.30. The zero-order chi connectivity index (χ0) is 12.2. The molecule has 4 aliphatic carbocycles. The van der Waals surface area contributed by atoms with Crippen LogP contribution in [-0.2, 0) is 0 Å². The first-order chi connectivity index (χ1) is 8.71. The third kappa shape index (κ3) is 1.87. The van der Waals surface area contributed by atoms with Crippen LogP contribution in [0.1, 0.15) is 38.5 Å². The van der Waals surface area contributed by atoms with Crippen LogP contribution in [0.5, 0.6) is 0 Å². The molecule has 5 rings (SSSR count). The van der Waals surface area contributed by atoms with Crippen molar-refractivity contribution in [1.82, 2.24) is 4.98 Å². The number of nitrogens with zero attached hydrogens (tertiary/aromatic N) is 1. The highest BCUT2D eigenvalue weighted by atomic mass is 79.9. The van der Waals surface area contributed by atoms with Crippen LogP contribution in [0.2, 0.25) is 0 Å². The zero-order valence-electron chi connectivity index (χ0n) is 10.5. The van der Waals surface area contributed by atoms with Gasteiger partial charge in [-0.3, -0.25) is 0 Å². The summed E-state index contributed by atoms with van der Waals surface area (Å²) >= 11 is 3.45. The van der Waals surface area contributed by atoms with E-state index in [0.29, 0.717) is 5.54 Å². The fourth-order valence-corrected chi connectivity index (χ4v) is 5.22. The van der Waals surface area contributed by atoms with Crippen molar-refractivity contribution in [2.45, 2.75) is 44.1 Å². The molecule has 4 aliphatic rings. The number of hydrogen-bond acceptors (Lipinski definition) is 2. The molecule has 0 amide bonds. The first-order valence-electron chi connectivity index (χ1n) is 7.11. The quantitative estimate of drug-likeness (QED) is 0.884. The van der Waals surface area contributed by atoms with Crippen LogP contribution in [0.3, 0.4) is 0 Å². The maximum atomic E-state index is 4.50. The van der Waals surface area contributed by atoms with Crippen molar-refractivity contribution in [3.8, 4) is 0 Å². The van der Waals surface area contributed by atoms with E-state index in [0.717, 1.165) is 28.0 Å². The van der Waals surface area contributed by atoms with Crippen LogP contribution < -0.4 is 5.32 Å². The molecular formula is C15H19BrN2. The first-order valence-corrected chi connectivity index (χ1v) is 7.90. The maximum Gasteiger partial charge on any atom is 0.126 e. The zero-order valence-corrected chi connectivity index (χ0v) is 12.1. The molecule has 96 valence electrons. The number of halogens is 1. The Kier molecular flexibility index (Phi) is 2.48. The van der Waals surface area contributed by atoms with Gasteiger partial charge in [-0.1, -0.05) is 0 Å². The van der Waals surface area contributed by atoms with Crippen molar-refractivity contribution in [3.05, 3.63) is 22.8 Å². The second-order valence-corrected chi connectivity index (χ2v) is 7.60. The van der Waals surface area contributed by atoms with Gasteiger partial charge in [0, 0.05) is 16.2 Å². The molecule has 0 saturated heterocycles. The number of hydrogen-bond donors (Lipinski definition) is 1. The summed E-state index contributed by atoms with van der Waals surface area (Å²) in [4.78, 5) is 4.50. The van der Waals surface area contributed by atoms with E-state index in [4.69, 9.17) is 0 Å². The van der Waals surface area contributed by atoms with Gasteiger partial charge in [-0.25, -0.2) is 4.98 Å². The Bertz CT molecular complexity index is 419. The van der Waals surface area contributed by atoms with Crippen molar-refractivity contribution in [1.29, 1.82) is 0 Å². The van der Waals surface area contributed by atoms with E-state index in [9.17, 15) is 0 Å². The lowest BCUT2D eigenvalue weighted by Gasteiger charge is -2.57. The van der Waals surface area contributed by atoms with E-state index in [1.54, 1.807) is 0 Å². The Hall–Kier alpha value is -0.570. The van der Waals surface area contributed by atoms with Crippen LogP contribution in [0, 0.1) is 17.8 Å². The second-order valence-electron chi connectivity index (χ2n) is 6.68. The van der Waals surface area contributed by atoms with Crippen molar-refractivity contribution in [2.75, 3.05) is 5.32 Å². The van der Waals surface area contributed by atoms with E-state index >= 15 is 0 Å². The largest absolute Gasteiger partial charge is 0.365 e. The van der Waals surface area contributed by atoms with E-state index in [-0.39, 0.29) is 0 Å². The molecule has 1 heterocycles. The number of pyridine rings is 1. The average molecular weight is 307 g/mol. The molecule has 4 saturated carbocycles. The predicted molar refractivity (Wildman–Crippen MR) is 76.5 cm³/mol. The van der Waals surface area contributed by atoms with Gasteiger partial charge < -0.3 is 5.32 Å². The minimum Gasteiger partial charge on any atom is -0.365 e. The van der Waals surface area contributed by atoms with Gasteiger partial charge in [0.15, 0.2) is 0 Å². The summed E-state index contributed by atoms with van der Waals surface area (Å²) in [6.07, 6.45) is 10.5. The molecule has 18 heavy (non-hydrogen) atoms. The third-order valence-electron chi connectivity index (χ3n) is 5.16. The first kappa shape index (κ1) is 11.3. The van der Waals surface area contributed by atoms with E-state index < -0.39 is 0 Å². The summed E-state index contributed by atoms with van der Waals surface area (Å²) in [5.41, 5.74) is 0.371. The molecule has 0 atom stereocenters. The van der Waals surface area contributed by atoms with Crippen LogP contribution in [-0.4, -0.2) is 10.5 Å². The Labute approximate surface area is 117 Å². The number of anilines is 1. The lowest BCUT2D eigenvalue weighted by molar-refractivity contribution is 0.0105. The summed E-state index contributed by atoms with van der Waals surface area (Å²) in [6, 6.07) is 4.18. The predicted octanol–water partition coefficient (Wildman–Crippen LogP) is 4.22. The SMILES string of the molecule is Brc1ccc(NC23CC4CC(CC(C4)C2)C3)nc1. The van der Waals surface area contributed by atoms with Gasteiger partial charge in [-0.2, -0.15) is 0 Å². The molecule has 0 aliphatic heterocycles. The Morgan fingerprint density at radius 3 is 2.17 bits per heavy atom. The fourth-order valence-electron chi connectivity index (χ4n) is 4.99. The Morgan fingerprint density at radius 1 is 1.06 bits per heavy atom. The van der Waals surface area contributed by atoms with E-state index in [2.05, 4.69) is 38.4 Å². The van der Waals surface area contributed by atoms with Gasteiger partial charge in [0.2, 0.25) is 0 Å². The molecule has 3 heteroatoms. The smallest absolute Gasteiger partial charge is 0.126 e. The van der Waals surface area contributed by atoms with Crippen molar-refractivity contribution < 1.29 is 0 Å². The molecule has 0 radical (unpaired) electrons. The molecule has 0 unspecified atom stereocenters. The molecule has 0 spiro atoms. The summed E-state index contributed by atoms with van der Waals surface area (Å²) < 4.78 is 1.05. The lowest BCUT2D eigenvalue weighted by atomic mass is 9.53. The minimum absolute atomic E-state index is 0.371. The van der Waals surface area contributed by atoms with Crippen LogP contribution in [0.25, 0.3) is 0 Å². The highest BCUT2D eigenvalue weighted by Gasteiger charge is 2.50. The molecular weight excluding hydrogens is 288 g/mol. The maximum absolute atomic E-state index is 4.50. The summed E-state index contributed by atoms with van der Waals surface area (Å²) in [5, 5.41) is 3.78. The summed E-state index contributed by atoms with van der Waals surface area (Å²) in [7, 11) is 0. The number of nitrogens with one attached hydrogen (secondary N) is 1. The molecule has 2 nitrogen and oxygen atoms in total. The Morgan fingerprint density at radius 2 is 1.67 bits per heavy atom. The van der Waals surface area contributed by atoms with Gasteiger partial charge in [0.25, 0.3) is 0 Å². The van der Waals surface area contributed by atoms with Gasteiger partial charge in [-0.05, 0) is 84.3 Å². The van der Waals surface area contributed by atoms with Gasteiger partial charge in [0.05, 0.1) is 0 Å². The van der Waals surface area contributed by atoms with Gasteiger partial charge in [0.1, 0.15) is 5.82 Å². The van der Waals surface area contributed by atoms with Crippen molar-refractivity contribution in [3.63, 3.8) is 0 Å². The molecule has 1 aromatic rings. The van der Waals surface area contributed by atoms with Crippen molar-refractivity contribution in [2.24, 2.45) is 17.8 Å². The molecule has 4 fully saturated rings.